The van der Waals surface area contributed by atoms with Crippen LogP contribution in [0.15, 0.2) is 48.8 Å². The van der Waals surface area contributed by atoms with Gasteiger partial charge in [0, 0.05) is 34.4 Å². The second kappa shape index (κ2) is 12.3. The molecule has 52 heavy (non-hydrogen) atoms. The first kappa shape index (κ1) is 34.6. The van der Waals surface area contributed by atoms with Gasteiger partial charge in [-0.3, -0.25) is 14.5 Å². The van der Waals surface area contributed by atoms with Gasteiger partial charge in [0.05, 0.1) is 28.6 Å². The number of hydrogen-bond donors (Lipinski definition) is 2. The van der Waals surface area contributed by atoms with Crippen molar-refractivity contribution >= 4 is 40.0 Å². The van der Waals surface area contributed by atoms with Crippen molar-refractivity contribution in [3.63, 3.8) is 0 Å². The van der Waals surface area contributed by atoms with Crippen molar-refractivity contribution in [2.75, 3.05) is 23.3 Å². The number of amides is 2. The third-order valence-electron chi connectivity index (χ3n) is 12.0. The Kier molecular flexibility index (Phi) is 8.20. The molecule has 2 N–H and O–H groups in total. The molecule has 12 heteroatoms. The van der Waals surface area contributed by atoms with Crippen molar-refractivity contribution in [1.82, 2.24) is 24.8 Å². The zero-order chi connectivity index (χ0) is 36.7. The molecule has 4 aromatic rings. The highest BCUT2D eigenvalue weighted by Crippen LogP contribution is 2.50. The van der Waals surface area contributed by atoms with E-state index in [-0.39, 0.29) is 47.6 Å². The van der Waals surface area contributed by atoms with Crippen LogP contribution in [0.5, 0.6) is 0 Å². The molecule has 2 aliphatic heterocycles. The summed E-state index contributed by atoms with van der Waals surface area (Å²) >= 11 is 0. The Hall–Kier alpha value is -4.45. The maximum atomic E-state index is 15.4. The number of likely N-dealkylation sites (tertiary alicyclic amines) is 1. The van der Waals surface area contributed by atoms with Crippen LogP contribution in [0.2, 0.25) is 0 Å². The molecule has 9 nitrogen and oxygen atoms in total. The summed E-state index contributed by atoms with van der Waals surface area (Å²) in [6.07, 6.45) is 5.00. The van der Waals surface area contributed by atoms with E-state index >= 15 is 4.39 Å². The molecule has 1 saturated heterocycles. The number of carbonyl (C=O) groups excluding carboxylic acids is 2. The van der Waals surface area contributed by atoms with Gasteiger partial charge in [-0.2, -0.15) is 0 Å². The first-order valence-electron chi connectivity index (χ1n) is 18.5. The Labute approximate surface area is 302 Å². The molecule has 4 aliphatic rings. The lowest BCUT2D eigenvalue weighted by molar-refractivity contribution is -0.123. The molecular weight excluding hydrogens is 667 g/mol. The summed E-state index contributed by atoms with van der Waals surface area (Å²) in [5.74, 6) is -0.893. The molecule has 2 amide bonds. The first-order chi connectivity index (χ1) is 24.7. The Morgan fingerprint density at radius 3 is 2.38 bits per heavy atom. The number of benzene rings is 2. The molecule has 8 rings (SSSR count). The van der Waals surface area contributed by atoms with Crippen LogP contribution in [-0.4, -0.2) is 67.9 Å². The molecule has 0 atom stereocenters. The third-order valence-corrected chi connectivity index (χ3v) is 12.0. The number of anilines is 3. The van der Waals surface area contributed by atoms with Gasteiger partial charge in [0.2, 0.25) is 5.91 Å². The van der Waals surface area contributed by atoms with Crippen LogP contribution in [0.4, 0.5) is 30.4 Å². The van der Waals surface area contributed by atoms with E-state index in [0.29, 0.717) is 22.5 Å². The number of nitrogens with zero attached hydrogens (tertiary/aromatic N) is 5. The van der Waals surface area contributed by atoms with Crippen molar-refractivity contribution in [3.8, 4) is 11.3 Å². The molecule has 0 unspecified atom stereocenters. The lowest BCUT2D eigenvalue weighted by Gasteiger charge is -2.55. The van der Waals surface area contributed by atoms with E-state index in [1.165, 1.54) is 31.4 Å². The monoisotopic (exact) mass is 713 g/mol. The molecule has 2 aliphatic carbocycles. The maximum Gasteiger partial charge on any atom is 0.261 e. The van der Waals surface area contributed by atoms with Crippen LogP contribution in [0.3, 0.4) is 0 Å². The van der Waals surface area contributed by atoms with E-state index in [1.807, 2.05) is 61.4 Å². The Morgan fingerprint density at radius 1 is 0.981 bits per heavy atom. The fourth-order valence-electron chi connectivity index (χ4n) is 8.54. The molecule has 2 saturated carbocycles. The molecule has 4 heterocycles. The standard InChI is InChI=1S/C40H46F3N7O2/c1-23(2)49-22-44-31-19-29(45-34(33(31)49)46-30-17-25(10-12-28(30)41)35(51)47-40(13-14-40)36(42)43)24-9-11-27-32(18-24)50(37(52)38(27,3)4)26-20-39(5,21-26)48-15-7-6-8-16-48/h9-12,17-19,22-23,26,36H,6-8,13-16,20-21H2,1-5H3,(H,45,46)(H,47,51). The highest BCUT2D eigenvalue weighted by atomic mass is 19.3. The minimum absolute atomic E-state index is 0.00383. The number of halogens is 3. The number of pyridine rings is 1. The maximum absolute atomic E-state index is 15.4. The zero-order valence-electron chi connectivity index (χ0n) is 30.4. The van der Waals surface area contributed by atoms with E-state index < -0.39 is 29.1 Å². The minimum Gasteiger partial charge on any atom is -0.341 e. The van der Waals surface area contributed by atoms with Gasteiger partial charge in [-0.1, -0.05) is 18.6 Å². The third kappa shape index (κ3) is 5.64. The quantitative estimate of drug-likeness (QED) is 0.182. The average Bonchev–Trinajstić information content (AvgIpc) is 3.71. The number of fused-ring (bicyclic) bond motifs is 2. The van der Waals surface area contributed by atoms with Crippen LogP contribution < -0.4 is 15.5 Å². The first-order valence-corrected chi connectivity index (χ1v) is 18.5. The fraction of sp³-hybridized carbons (Fsp3) is 0.500. The highest BCUT2D eigenvalue weighted by Gasteiger charge is 2.54. The van der Waals surface area contributed by atoms with Gasteiger partial charge in [-0.05, 0) is 122 Å². The van der Waals surface area contributed by atoms with Crippen molar-refractivity contribution < 1.29 is 22.8 Å². The van der Waals surface area contributed by atoms with Gasteiger partial charge >= 0.3 is 0 Å². The SMILES string of the molecule is CC(C)n1cnc2cc(-c3ccc4c(c3)N(C3CC(C)(N5CCCCC5)C3)C(=O)C4(C)C)nc(Nc3cc(C(=O)NC4(C(F)F)CC4)ccc3F)c21. The molecule has 0 spiro atoms. The van der Waals surface area contributed by atoms with E-state index in [0.717, 1.165) is 48.8 Å². The Balaban J connectivity index is 1.14. The largest absolute Gasteiger partial charge is 0.341 e. The zero-order valence-corrected chi connectivity index (χ0v) is 30.4. The van der Waals surface area contributed by atoms with Crippen LogP contribution in [-0.2, 0) is 10.2 Å². The molecule has 2 aromatic heterocycles. The molecular formula is C40H46F3N7O2. The second-order valence-corrected chi connectivity index (χ2v) is 16.3. The number of rotatable bonds is 9. The summed E-state index contributed by atoms with van der Waals surface area (Å²) in [5.41, 5.74) is 2.44. The van der Waals surface area contributed by atoms with Gasteiger partial charge < -0.3 is 20.1 Å². The number of nitrogens with one attached hydrogen (secondary N) is 2. The average molecular weight is 714 g/mol. The summed E-state index contributed by atoms with van der Waals surface area (Å²) in [6, 6.07) is 11.8. The van der Waals surface area contributed by atoms with Gasteiger partial charge in [-0.25, -0.2) is 23.1 Å². The summed E-state index contributed by atoms with van der Waals surface area (Å²) in [7, 11) is 0. The predicted octanol–water partition coefficient (Wildman–Crippen LogP) is 8.12. The van der Waals surface area contributed by atoms with E-state index in [4.69, 9.17) is 4.98 Å². The van der Waals surface area contributed by atoms with Crippen LogP contribution in [0.25, 0.3) is 22.3 Å². The number of imidazole rings is 1. The second-order valence-electron chi connectivity index (χ2n) is 16.3. The van der Waals surface area contributed by atoms with Crippen molar-refractivity contribution in [2.45, 2.75) is 115 Å². The lowest BCUT2D eigenvalue weighted by Crippen LogP contribution is -2.64. The Bertz CT molecular complexity index is 2080. The fourth-order valence-corrected chi connectivity index (χ4v) is 8.54. The molecule has 2 aromatic carbocycles. The summed E-state index contributed by atoms with van der Waals surface area (Å²) in [6.45, 7) is 12.5. The molecule has 274 valence electrons. The van der Waals surface area contributed by atoms with Crippen molar-refractivity contribution in [3.05, 3.63) is 65.7 Å². The number of hydrogen-bond acceptors (Lipinski definition) is 6. The summed E-state index contributed by atoms with van der Waals surface area (Å²) < 4.78 is 44.5. The van der Waals surface area contributed by atoms with Gasteiger partial charge in [0.1, 0.15) is 16.9 Å². The lowest BCUT2D eigenvalue weighted by atomic mass is 9.71. The predicted molar refractivity (Wildman–Crippen MR) is 196 cm³/mol. The summed E-state index contributed by atoms with van der Waals surface area (Å²) in [4.78, 5) is 41.4. The highest BCUT2D eigenvalue weighted by molar-refractivity contribution is 6.09. The van der Waals surface area contributed by atoms with Crippen molar-refractivity contribution in [1.29, 1.82) is 0 Å². The molecule has 0 bridgehead atoms. The number of carbonyl (C=O) groups is 2. The van der Waals surface area contributed by atoms with Crippen molar-refractivity contribution in [2.24, 2.45) is 0 Å². The number of aromatic nitrogens is 3. The Morgan fingerprint density at radius 2 is 1.71 bits per heavy atom. The van der Waals surface area contributed by atoms with Gasteiger partial charge in [0.15, 0.2) is 5.82 Å². The summed E-state index contributed by atoms with van der Waals surface area (Å²) in [5, 5.41) is 5.56. The molecule has 3 fully saturated rings. The van der Waals surface area contributed by atoms with Crippen LogP contribution in [0, 0.1) is 5.82 Å². The van der Waals surface area contributed by atoms with Gasteiger partial charge in [0.25, 0.3) is 12.3 Å². The number of alkyl halides is 2. The van der Waals surface area contributed by atoms with Crippen LogP contribution in [0.1, 0.15) is 102 Å². The molecule has 0 radical (unpaired) electrons. The topological polar surface area (TPSA) is 95.4 Å². The minimum atomic E-state index is -2.69. The smallest absolute Gasteiger partial charge is 0.261 e. The number of piperidine rings is 1. The van der Waals surface area contributed by atoms with Crippen LogP contribution >= 0.6 is 0 Å². The van der Waals surface area contributed by atoms with E-state index in [9.17, 15) is 18.4 Å². The van der Waals surface area contributed by atoms with Gasteiger partial charge in [-0.15, -0.1) is 0 Å². The normalized spacial score (nSPS) is 23.6. The van der Waals surface area contributed by atoms with E-state index in [1.54, 1.807) is 6.33 Å². The van der Waals surface area contributed by atoms with E-state index in [2.05, 4.69) is 27.4 Å².